The lowest BCUT2D eigenvalue weighted by molar-refractivity contribution is -0.242. The number of hydrazone groups is 1. The molecule has 2 N–H and O–H groups in total. The van der Waals surface area contributed by atoms with Crippen LogP contribution in [0.4, 0.5) is 13.2 Å². The van der Waals surface area contributed by atoms with E-state index in [1.54, 1.807) is 0 Å². The third kappa shape index (κ3) is 1.66. The number of halogens is 3. The van der Waals surface area contributed by atoms with Crippen molar-refractivity contribution in [1.82, 2.24) is 5.01 Å². The number of alkyl halides is 3. The van der Waals surface area contributed by atoms with Crippen LogP contribution in [0, 0.1) is 0 Å². The first kappa shape index (κ1) is 8.82. The van der Waals surface area contributed by atoms with Gasteiger partial charge in [0.25, 0.3) is 5.91 Å². The van der Waals surface area contributed by atoms with Crippen LogP contribution in [0.3, 0.4) is 0 Å². The van der Waals surface area contributed by atoms with E-state index < -0.39 is 12.2 Å². The molecule has 0 aliphatic carbocycles. The summed E-state index contributed by atoms with van der Waals surface area (Å²) in [5.74, 6) is -0.901. The maximum absolute atomic E-state index is 11.9. The van der Waals surface area contributed by atoms with E-state index in [-0.39, 0.29) is 23.7 Å². The smallest absolute Gasteiger partial charge is 0.364 e. The second kappa shape index (κ2) is 2.65. The topological polar surface area (TPSA) is 58.7 Å². The average molecular weight is 181 g/mol. The molecule has 1 rings (SSSR count). The lowest BCUT2D eigenvalue weighted by Crippen LogP contribution is -2.31. The van der Waals surface area contributed by atoms with Gasteiger partial charge in [0, 0.05) is 6.42 Å². The van der Waals surface area contributed by atoms with E-state index in [9.17, 15) is 18.0 Å². The molecule has 0 saturated heterocycles. The highest BCUT2D eigenvalue weighted by Gasteiger charge is 2.40. The van der Waals surface area contributed by atoms with E-state index in [0.29, 0.717) is 0 Å². The van der Waals surface area contributed by atoms with Gasteiger partial charge >= 0.3 is 6.30 Å². The second-order valence-electron chi connectivity index (χ2n) is 2.25. The highest BCUT2D eigenvalue weighted by molar-refractivity contribution is 6.38. The van der Waals surface area contributed by atoms with Crippen molar-refractivity contribution < 1.29 is 18.0 Å². The van der Waals surface area contributed by atoms with E-state index in [1.165, 1.54) is 0 Å². The molecular formula is C5H6F3N3O. The minimum Gasteiger partial charge on any atom is -0.364 e. The maximum atomic E-state index is 11.9. The molecule has 0 aromatic heterocycles. The molecule has 0 radical (unpaired) electrons. The fraction of sp³-hybridized carbons (Fsp3) is 0.600. The van der Waals surface area contributed by atoms with Crippen molar-refractivity contribution in [3.63, 3.8) is 0 Å². The van der Waals surface area contributed by atoms with Gasteiger partial charge in [-0.3, -0.25) is 4.79 Å². The predicted octanol–water partition coefficient (Wildman–Crippen LogP) is 0.0532. The molecular weight excluding hydrogens is 175 g/mol. The van der Waals surface area contributed by atoms with Crippen molar-refractivity contribution in [2.75, 3.05) is 6.54 Å². The average Bonchev–Trinajstić information content (AvgIpc) is 2.30. The van der Waals surface area contributed by atoms with E-state index in [1.807, 2.05) is 0 Å². The van der Waals surface area contributed by atoms with Crippen LogP contribution >= 0.6 is 0 Å². The van der Waals surface area contributed by atoms with Gasteiger partial charge < -0.3 is 5.73 Å². The molecule has 0 bridgehead atoms. The van der Waals surface area contributed by atoms with E-state index in [2.05, 4.69) is 5.10 Å². The maximum Gasteiger partial charge on any atom is 0.500 e. The molecule has 12 heavy (non-hydrogen) atoms. The molecule has 1 heterocycles. The fourth-order valence-electron chi connectivity index (χ4n) is 0.813. The number of amides is 1. The third-order valence-corrected chi connectivity index (χ3v) is 1.38. The van der Waals surface area contributed by atoms with Crippen LogP contribution in [0.5, 0.6) is 0 Å². The molecule has 0 atom stereocenters. The number of carbonyl (C=O) groups is 1. The first-order valence-electron chi connectivity index (χ1n) is 3.13. The Morgan fingerprint density at radius 2 is 2.17 bits per heavy atom. The van der Waals surface area contributed by atoms with Gasteiger partial charge in [-0.25, -0.2) is 5.01 Å². The van der Waals surface area contributed by atoms with E-state index in [4.69, 9.17) is 5.73 Å². The van der Waals surface area contributed by atoms with Gasteiger partial charge in [-0.05, 0) is 0 Å². The number of hydrogen-bond donors (Lipinski definition) is 1. The summed E-state index contributed by atoms with van der Waals surface area (Å²) in [4.78, 5) is 10.4. The van der Waals surface area contributed by atoms with Gasteiger partial charge in [0.05, 0.1) is 6.54 Å². The van der Waals surface area contributed by atoms with Gasteiger partial charge in [0.1, 0.15) is 5.71 Å². The molecule has 0 saturated carbocycles. The van der Waals surface area contributed by atoms with Crippen molar-refractivity contribution >= 4 is 11.6 Å². The van der Waals surface area contributed by atoms with Gasteiger partial charge in [-0.2, -0.15) is 5.10 Å². The Kier molecular flexibility index (Phi) is 1.95. The van der Waals surface area contributed by atoms with Crippen molar-refractivity contribution in [1.29, 1.82) is 0 Å². The number of hydrogen-bond acceptors (Lipinski definition) is 3. The lowest BCUT2D eigenvalue weighted by Gasteiger charge is -2.15. The normalized spacial score (nSPS) is 17.9. The Labute approximate surface area is 65.8 Å². The predicted molar refractivity (Wildman–Crippen MR) is 34.0 cm³/mol. The largest absolute Gasteiger partial charge is 0.500 e. The summed E-state index contributed by atoms with van der Waals surface area (Å²) in [6, 6.07) is 0. The second-order valence-corrected chi connectivity index (χ2v) is 2.25. The zero-order chi connectivity index (χ0) is 9.35. The molecule has 0 aromatic rings. The molecule has 7 heteroatoms. The Morgan fingerprint density at radius 1 is 1.58 bits per heavy atom. The van der Waals surface area contributed by atoms with Crippen LogP contribution in [-0.2, 0) is 4.79 Å². The third-order valence-electron chi connectivity index (χ3n) is 1.38. The van der Waals surface area contributed by atoms with Crippen LogP contribution in [0.15, 0.2) is 5.10 Å². The molecule has 1 aliphatic rings. The molecule has 0 aromatic carbocycles. The summed E-state index contributed by atoms with van der Waals surface area (Å²) in [5.41, 5.74) is 4.51. The van der Waals surface area contributed by atoms with E-state index in [0.717, 1.165) is 0 Å². The summed E-state index contributed by atoms with van der Waals surface area (Å²) < 4.78 is 35.6. The van der Waals surface area contributed by atoms with Gasteiger partial charge in [0.2, 0.25) is 0 Å². The Bertz CT molecular complexity index is 235. The summed E-state index contributed by atoms with van der Waals surface area (Å²) in [6.45, 7) is -0.332. The van der Waals surface area contributed by atoms with Crippen molar-refractivity contribution in [3.05, 3.63) is 0 Å². The first-order valence-corrected chi connectivity index (χ1v) is 3.13. The molecule has 0 fully saturated rings. The fourth-order valence-corrected chi connectivity index (χ4v) is 0.813. The summed E-state index contributed by atoms with van der Waals surface area (Å²) >= 11 is 0. The highest BCUT2D eigenvalue weighted by atomic mass is 19.4. The number of nitrogens with zero attached hydrogens (tertiary/aromatic N) is 2. The Balaban J connectivity index is 2.71. The van der Waals surface area contributed by atoms with Crippen LogP contribution in [-0.4, -0.2) is 29.5 Å². The summed E-state index contributed by atoms with van der Waals surface area (Å²) in [5, 5.41) is 2.91. The number of rotatable bonds is 1. The van der Waals surface area contributed by atoms with Crippen LogP contribution in [0.25, 0.3) is 0 Å². The Hall–Kier alpha value is -1.27. The first-order chi connectivity index (χ1) is 5.41. The van der Waals surface area contributed by atoms with Crippen molar-refractivity contribution in [2.24, 2.45) is 10.8 Å². The van der Waals surface area contributed by atoms with E-state index >= 15 is 0 Å². The quantitative estimate of drug-likeness (QED) is 0.581. The lowest BCUT2D eigenvalue weighted by atomic mass is 10.3. The molecule has 1 aliphatic heterocycles. The minimum atomic E-state index is -4.52. The molecule has 4 nitrogen and oxygen atoms in total. The van der Waals surface area contributed by atoms with Gasteiger partial charge in [-0.1, -0.05) is 0 Å². The molecule has 0 spiro atoms. The van der Waals surface area contributed by atoms with Crippen LogP contribution < -0.4 is 5.73 Å². The Morgan fingerprint density at radius 3 is 2.42 bits per heavy atom. The molecule has 68 valence electrons. The monoisotopic (exact) mass is 181 g/mol. The minimum absolute atomic E-state index is 0.0468. The van der Waals surface area contributed by atoms with Crippen molar-refractivity contribution in [2.45, 2.75) is 12.7 Å². The number of nitrogens with two attached hydrogens (primary N) is 1. The van der Waals surface area contributed by atoms with Gasteiger partial charge in [0.15, 0.2) is 0 Å². The number of carbonyl (C=O) groups excluding carboxylic acids is 1. The van der Waals surface area contributed by atoms with Gasteiger partial charge in [-0.15, -0.1) is 13.2 Å². The standard InChI is InChI=1S/C5H6F3N3O/c6-5(7,8)11-2-1-3(10-11)4(9)12/h1-2H2,(H2,9,12). The molecule has 1 amide bonds. The van der Waals surface area contributed by atoms with Crippen LogP contribution in [0.2, 0.25) is 0 Å². The highest BCUT2D eigenvalue weighted by Crippen LogP contribution is 2.24. The SMILES string of the molecule is NC(=O)C1=NN(C(F)(F)F)CC1. The summed E-state index contributed by atoms with van der Waals surface area (Å²) in [7, 11) is 0. The molecule has 0 unspecified atom stereocenters. The van der Waals surface area contributed by atoms with Crippen LogP contribution in [0.1, 0.15) is 6.42 Å². The zero-order valence-corrected chi connectivity index (χ0v) is 5.93. The zero-order valence-electron chi connectivity index (χ0n) is 5.93. The summed E-state index contributed by atoms with van der Waals surface area (Å²) in [6.07, 6.45) is -4.56. The number of primary amides is 1. The van der Waals surface area contributed by atoms with Crippen molar-refractivity contribution in [3.8, 4) is 0 Å².